The number of piperidine rings is 2. The molecule has 2 atom stereocenters. The van der Waals surface area contributed by atoms with Crippen molar-refractivity contribution < 1.29 is 0 Å². The van der Waals surface area contributed by atoms with Gasteiger partial charge in [0.1, 0.15) is 0 Å². The number of rotatable bonds is 4. The third-order valence-corrected chi connectivity index (χ3v) is 5.14. The number of hydrogen-bond acceptors (Lipinski definition) is 2. The highest BCUT2D eigenvalue weighted by Gasteiger charge is 2.24. The number of guanidine groups is 1. The number of hydrogen-bond donors (Lipinski definition) is 1. The molecule has 0 aromatic carbocycles. The molecule has 0 bridgehead atoms. The van der Waals surface area contributed by atoms with Crippen molar-refractivity contribution in [3.63, 3.8) is 0 Å². The van der Waals surface area contributed by atoms with Gasteiger partial charge in [-0.25, -0.2) is 0 Å². The average Bonchev–Trinajstić information content (AvgIpc) is 2.47. The van der Waals surface area contributed by atoms with Crippen molar-refractivity contribution in [2.24, 2.45) is 22.7 Å². The molecule has 2 heterocycles. The van der Waals surface area contributed by atoms with Crippen molar-refractivity contribution >= 4 is 29.9 Å². The van der Waals surface area contributed by atoms with Gasteiger partial charge in [0.2, 0.25) is 0 Å². The largest absolute Gasteiger partial charge is 0.357 e. The van der Waals surface area contributed by atoms with Gasteiger partial charge in [0, 0.05) is 26.2 Å². The molecule has 0 amide bonds. The van der Waals surface area contributed by atoms with Crippen LogP contribution >= 0.6 is 24.0 Å². The van der Waals surface area contributed by atoms with E-state index in [1.54, 1.807) is 0 Å². The molecule has 0 aliphatic carbocycles. The molecule has 2 aliphatic rings. The van der Waals surface area contributed by atoms with E-state index in [4.69, 9.17) is 4.99 Å². The van der Waals surface area contributed by atoms with Crippen LogP contribution in [0.4, 0.5) is 0 Å². The Kier molecular flexibility index (Phi) is 9.82. The highest BCUT2D eigenvalue weighted by Crippen LogP contribution is 2.22. The van der Waals surface area contributed by atoms with Crippen LogP contribution in [0.5, 0.6) is 0 Å². The summed E-state index contributed by atoms with van der Waals surface area (Å²) in [5, 5.41) is 3.51. The van der Waals surface area contributed by atoms with Gasteiger partial charge in [-0.15, -0.1) is 24.0 Å². The van der Waals surface area contributed by atoms with Crippen LogP contribution in [0.1, 0.15) is 46.5 Å². The maximum absolute atomic E-state index is 4.94. The highest BCUT2D eigenvalue weighted by molar-refractivity contribution is 14.0. The molecule has 23 heavy (non-hydrogen) atoms. The Labute approximate surface area is 160 Å². The minimum absolute atomic E-state index is 0. The number of aliphatic imine (C=N–C) groups is 1. The lowest BCUT2D eigenvalue weighted by molar-refractivity contribution is 0.206. The zero-order valence-corrected chi connectivity index (χ0v) is 17.9. The van der Waals surface area contributed by atoms with Crippen LogP contribution in [0, 0.1) is 17.8 Å². The van der Waals surface area contributed by atoms with E-state index in [0.29, 0.717) is 0 Å². The molecular weight excluding hydrogens is 399 g/mol. The van der Waals surface area contributed by atoms with E-state index >= 15 is 0 Å². The quantitative estimate of drug-likeness (QED) is 0.417. The average molecular weight is 436 g/mol. The van der Waals surface area contributed by atoms with Crippen molar-refractivity contribution in [2.75, 3.05) is 46.3 Å². The van der Waals surface area contributed by atoms with E-state index in [1.807, 2.05) is 0 Å². The summed E-state index contributed by atoms with van der Waals surface area (Å²) in [6.07, 6.45) is 5.30. The zero-order chi connectivity index (χ0) is 15.9. The third-order valence-electron chi connectivity index (χ3n) is 5.14. The molecule has 1 N–H and O–H groups in total. The van der Waals surface area contributed by atoms with Crippen molar-refractivity contribution in [3.05, 3.63) is 0 Å². The summed E-state index contributed by atoms with van der Waals surface area (Å²) in [6.45, 7) is 13.7. The van der Waals surface area contributed by atoms with Crippen molar-refractivity contribution in [1.29, 1.82) is 0 Å². The maximum Gasteiger partial charge on any atom is 0.193 e. The molecule has 0 aromatic heterocycles. The summed E-state index contributed by atoms with van der Waals surface area (Å²) in [4.78, 5) is 9.86. The lowest BCUT2D eigenvalue weighted by Crippen LogP contribution is -2.48. The van der Waals surface area contributed by atoms with Crippen molar-refractivity contribution in [1.82, 2.24) is 15.1 Å². The highest BCUT2D eigenvalue weighted by atomic mass is 127. The molecule has 136 valence electrons. The SMILES string of the molecule is CCNC(=NCCC1CCN(C)CC1)N1CC(C)CC(C)C1.I. The summed E-state index contributed by atoms with van der Waals surface area (Å²) in [7, 11) is 2.23. The van der Waals surface area contributed by atoms with Crippen molar-refractivity contribution in [2.45, 2.75) is 46.5 Å². The predicted octanol–water partition coefficient (Wildman–Crippen LogP) is 3.28. The van der Waals surface area contributed by atoms with Gasteiger partial charge in [-0.1, -0.05) is 13.8 Å². The van der Waals surface area contributed by atoms with Crippen LogP contribution in [0.2, 0.25) is 0 Å². The van der Waals surface area contributed by atoms with E-state index in [0.717, 1.165) is 49.9 Å². The first-order chi connectivity index (χ1) is 10.6. The molecule has 4 nitrogen and oxygen atoms in total. The summed E-state index contributed by atoms with van der Waals surface area (Å²) >= 11 is 0. The molecule has 2 aliphatic heterocycles. The fraction of sp³-hybridized carbons (Fsp3) is 0.944. The first-order valence-electron chi connectivity index (χ1n) is 9.30. The molecule has 0 radical (unpaired) electrons. The molecule has 5 heteroatoms. The molecule has 0 spiro atoms. The number of nitrogens with zero attached hydrogens (tertiary/aromatic N) is 3. The van der Waals surface area contributed by atoms with E-state index in [-0.39, 0.29) is 24.0 Å². The molecule has 2 fully saturated rings. The Bertz CT molecular complexity index is 343. The van der Waals surface area contributed by atoms with Crippen LogP contribution in [-0.4, -0.2) is 62.1 Å². The molecular formula is C18H37IN4. The topological polar surface area (TPSA) is 30.9 Å². The Morgan fingerprint density at radius 1 is 1.13 bits per heavy atom. The normalized spacial score (nSPS) is 27.7. The lowest BCUT2D eigenvalue weighted by Gasteiger charge is -2.37. The van der Waals surface area contributed by atoms with Gasteiger partial charge >= 0.3 is 0 Å². The fourth-order valence-electron chi connectivity index (χ4n) is 3.97. The van der Waals surface area contributed by atoms with Crippen molar-refractivity contribution in [3.8, 4) is 0 Å². The number of halogens is 1. The second kappa shape index (κ2) is 10.7. The summed E-state index contributed by atoms with van der Waals surface area (Å²) < 4.78 is 0. The standard InChI is InChI=1S/C18H36N4.HI/c1-5-19-18(22-13-15(2)12-16(3)14-22)20-9-6-17-7-10-21(4)11-8-17;/h15-17H,5-14H2,1-4H3,(H,19,20);1H. The zero-order valence-electron chi connectivity index (χ0n) is 15.6. The van der Waals surface area contributed by atoms with Crippen LogP contribution in [0.3, 0.4) is 0 Å². The van der Waals surface area contributed by atoms with Gasteiger partial charge in [-0.2, -0.15) is 0 Å². The molecule has 2 saturated heterocycles. The monoisotopic (exact) mass is 436 g/mol. The number of nitrogens with one attached hydrogen (secondary N) is 1. The summed E-state index contributed by atoms with van der Waals surface area (Å²) in [6, 6.07) is 0. The van der Waals surface area contributed by atoms with Gasteiger partial charge < -0.3 is 15.1 Å². The minimum atomic E-state index is 0. The Hall–Kier alpha value is -0.0400. The Morgan fingerprint density at radius 2 is 1.74 bits per heavy atom. The van der Waals surface area contributed by atoms with Crippen LogP contribution < -0.4 is 5.32 Å². The number of likely N-dealkylation sites (tertiary alicyclic amines) is 2. The van der Waals surface area contributed by atoms with E-state index < -0.39 is 0 Å². The molecule has 2 rings (SSSR count). The second-order valence-electron chi connectivity index (χ2n) is 7.62. The van der Waals surface area contributed by atoms with Gasteiger partial charge in [-0.3, -0.25) is 4.99 Å². The first-order valence-corrected chi connectivity index (χ1v) is 9.30. The minimum Gasteiger partial charge on any atom is -0.357 e. The second-order valence-corrected chi connectivity index (χ2v) is 7.62. The predicted molar refractivity (Wildman–Crippen MR) is 111 cm³/mol. The Balaban J connectivity index is 0.00000264. The third kappa shape index (κ3) is 7.16. The first kappa shape index (κ1) is 21.0. The van der Waals surface area contributed by atoms with Crippen LogP contribution in [0.15, 0.2) is 4.99 Å². The molecule has 0 saturated carbocycles. The maximum atomic E-state index is 4.94. The van der Waals surface area contributed by atoms with Gasteiger partial charge in [0.25, 0.3) is 0 Å². The lowest BCUT2D eigenvalue weighted by atomic mass is 9.92. The van der Waals surface area contributed by atoms with Gasteiger partial charge in [-0.05, 0) is 70.5 Å². The smallest absolute Gasteiger partial charge is 0.193 e. The van der Waals surface area contributed by atoms with Gasteiger partial charge in [0.15, 0.2) is 5.96 Å². The van der Waals surface area contributed by atoms with Gasteiger partial charge in [0.05, 0.1) is 0 Å². The van der Waals surface area contributed by atoms with Crippen LogP contribution in [-0.2, 0) is 0 Å². The summed E-state index contributed by atoms with van der Waals surface area (Å²) in [5.74, 6) is 3.58. The van der Waals surface area contributed by atoms with E-state index in [9.17, 15) is 0 Å². The van der Waals surface area contributed by atoms with Crippen LogP contribution in [0.25, 0.3) is 0 Å². The van der Waals surface area contributed by atoms with E-state index in [2.05, 4.69) is 42.9 Å². The fourth-order valence-corrected chi connectivity index (χ4v) is 3.97. The molecule has 0 aromatic rings. The Morgan fingerprint density at radius 3 is 2.30 bits per heavy atom. The summed E-state index contributed by atoms with van der Waals surface area (Å²) in [5.41, 5.74) is 0. The van der Waals surface area contributed by atoms with E-state index in [1.165, 1.54) is 38.8 Å². The molecule has 2 unspecified atom stereocenters.